The Labute approximate surface area is 126 Å². The SMILES string of the molecule is Cc1cccc(NC(=O)N(CCN)C2CCOCC2)c1C. The van der Waals surface area contributed by atoms with Crippen LogP contribution < -0.4 is 11.1 Å². The van der Waals surface area contributed by atoms with E-state index in [9.17, 15) is 4.79 Å². The lowest BCUT2D eigenvalue weighted by atomic mass is 10.1. The quantitative estimate of drug-likeness (QED) is 0.894. The molecule has 5 heteroatoms. The van der Waals surface area contributed by atoms with Crippen LogP contribution in [-0.2, 0) is 4.74 Å². The number of carbonyl (C=O) groups is 1. The molecule has 116 valence electrons. The minimum atomic E-state index is -0.0685. The highest BCUT2D eigenvalue weighted by molar-refractivity contribution is 5.90. The molecule has 0 atom stereocenters. The van der Waals surface area contributed by atoms with E-state index < -0.39 is 0 Å². The highest BCUT2D eigenvalue weighted by Gasteiger charge is 2.25. The fraction of sp³-hybridized carbons (Fsp3) is 0.562. The van der Waals surface area contributed by atoms with Gasteiger partial charge in [0.05, 0.1) is 0 Å². The standard InChI is InChI=1S/C16H25N3O2/c1-12-4-3-5-15(13(12)2)18-16(20)19(9-8-17)14-6-10-21-11-7-14/h3-5,14H,6-11,17H2,1-2H3,(H,18,20). The number of ether oxygens (including phenoxy) is 1. The van der Waals surface area contributed by atoms with Crippen molar-refractivity contribution >= 4 is 11.7 Å². The number of aryl methyl sites for hydroxylation is 1. The molecule has 2 amide bonds. The zero-order valence-electron chi connectivity index (χ0n) is 12.9. The summed E-state index contributed by atoms with van der Waals surface area (Å²) in [6.45, 7) is 6.53. The smallest absolute Gasteiger partial charge is 0.322 e. The van der Waals surface area contributed by atoms with E-state index in [2.05, 4.69) is 5.32 Å². The Hall–Kier alpha value is -1.59. The third-order valence-corrected chi connectivity index (χ3v) is 4.11. The summed E-state index contributed by atoms with van der Waals surface area (Å²) in [7, 11) is 0. The molecule has 0 radical (unpaired) electrons. The summed E-state index contributed by atoms with van der Waals surface area (Å²) in [6.07, 6.45) is 1.75. The second kappa shape index (κ2) is 7.43. The maximum atomic E-state index is 12.6. The molecule has 1 aliphatic rings. The molecule has 0 unspecified atom stereocenters. The average molecular weight is 291 g/mol. The third kappa shape index (κ3) is 3.95. The predicted octanol–water partition coefficient (Wildman–Crippen LogP) is 2.28. The molecule has 1 heterocycles. The van der Waals surface area contributed by atoms with Crippen LogP contribution in [0.25, 0.3) is 0 Å². The van der Waals surface area contributed by atoms with Crippen LogP contribution in [0.2, 0.25) is 0 Å². The molecule has 1 aromatic carbocycles. The molecule has 0 saturated carbocycles. The molecule has 2 rings (SSSR count). The third-order valence-electron chi connectivity index (χ3n) is 4.11. The number of anilines is 1. The van der Waals surface area contributed by atoms with Crippen molar-refractivity contribution in [1.82, 2.24) is 4.90 Å². The number of amides is 2. The van der Waals surface area contributed by atoms with Crippen LogP contribution in [0.1, 0.15) is 24.0 Å². The van der Waals surface area contributed by atoms with Gasteiger partial charge in [0.2, 0.25) is 0 Å². The van der Waals surface area contributed by atoms with Gasteiger partial charge in [-0.1, -0.05) is 12.1 Å². The fourth-order valence-corrected chi connectivity index (χ4v) is 2.66. The first-order valence-electron chi connectivity index (χ1n) is 7.55. The molecule has 0 bridgehead atoms. The van der Waals surface area contributed by atoms with Gasteiger partial charge in [0.15, 0.2) is 0 Å². The van der Waals surface area contributed by atoms with E-state index in [1.807, 2.05) is 36.9 Å². The van der Waals surface area contributed by atoms with Gasteiger partial charge in [0.1, 0.15) is 0 Å². The van der Waals surface area contributed by atoms with Crippen LogP contribution in [0.4, 0.5) is 10.5 Å². The van der Waals surface area contributed by atoms with Crippen LogP contribution in [0, 0.1) is 13.8 Å². The van der Waals surface area contributed by atoms with Crippen LogP contribution in [0.5, 0.6) is 0 Å². The molecule has 1 saturated heterocycles. The zero-order chi connectivity index (χ0) is 15.2. The summed E-state index contributed by atoms with van der Waals surface area (Å²) >= 11 is 0. The Morgan fingerprint density at radius 3 is 2.76 bits per heavy atom. The van der Waals surface area contributed by atoms with Gasteiger partial charge in [0, 0.05) is 38.0 Å². The number of benzene rings is 1. The topological polar surface area (TPSA) is 67.6 Å². The minimum Gasteiger partial charge on any atom is -0.381 e. The first-order valence-corrected chi connectivity index (χ1v) is 7.55. The number of nitrogens with two attached hydrogens (primary N) is 1. The van der Waals surface area contributed by atoms with E-state index in [1.54, 1.807) is 0 Å². The molecule has 21 heavy (non-hydrogen) atoms. The van der Waals surface area contributed by atoms with E-state index in [0.717, 1.165) is 24.1 Å². The van der Waals surface area contributed by atoms with E-state index >= 15 is 0 Å². The van der Waals surface area contributed by atoms with Crippen molar-refractivity contribution in [3.05, 3.63) is 29.3 Å². The number of urea groups is 1. The molecule has 0 spiro atoms. The van der Waals surface area contributed by atoms with Crippen molar-refractivity contribution in [3.63, 3.8) is 0 Å². The molecule has 1 aromatic rings. The van der Waals surface area contributed by atoms with Crippen LogP contribution in [0.15, 0.2) is 18.2 Å². The second-order valence-electron chi connectivity index (χ2n) is 5.50. The number of hydrogen-bond acceptors (Lipinski definition) is 3. The molecule has 5 nitrogen and oxygen atoms in total. The number of nitrogens with one attached hydrogen (secondary N) is 1. The van der Waals surface area contributed by atoms with Crippen molar-refractivity contribution in [2.45, 2.75) is 32.7 Å². The zero-order valence-corrected chi connectivity index (χ0v) is 12.9. The van der Waals surface area contributed by atoms with E-state index in [4.69, 9.17) is 10.5 Å². The minimum absolute atomic E-state index is 0.0685. The van der Waals surface area contributed by atoms with Crippen molar-refractivity contribution in [1.29, 1.82) is 0 Å². The van der Waals surface area contributed by atoms with Crippen LogP contribution >= 0.6 is 0 Å². The molecule has 1 aliphatic heterocycles. The summed E-state index contributed by atoms with van der Waals surface area (Å²) in [6, 6.07) is 6.08. The van der Waals surface area contributed by atoms with Crippen LogP contribution in [0.3, 0.4) is 0 Å². The molecule has 0 aliphatic carbocycles. The van der Waals surface area contributed by atoms with Gasteiger partial charge in [-0.15, -0.1) is 0 Å². The van der Waals surface area contributed by atoms with Crippen molar-refractivity contribution in [2.75, 3.05) is 31.6 Å². The molecule has 3 N–H and O–H groups in total. The summed E-state index contributed by atoms with van der Waals surface area (Å²) in [4.78, 5) is 14.4. The lowest BCUT2D eigenvalue weighted by Crippen LogP contribution is -2.47. The summed E-state index contributed by atoms with van der Waals surface area (Å²) in [5.74, 6) is 0. The predicted molar refractivity (Wildman–Crippen MR) is 84.5 cm³/mol. The lowest BCUT2D eigenvalue weighted by Gasteiger charge is -2.34. The monoisotopic (exact) mass is 291 g/mol. The number of rotatable bonds is 4. The highest BCUT2D eigenvalue weighted by Crippen LogP contribution is 2.20. The first-order chi connectivity index (χ1) is 10.1. The summed E-state index contributed by atoms with van der Waals surface area (Å²) < 4.78 is 5.37. The van der Waals surface area contributed by atoms with E-state index in [1.165, 1.54) is 5.56 Å². The molecule has 0 aromatic heterocycles. The van der Waals surface area contributed by atoms with Gasteiger partial charge in [-0.25, -0.2) is 4.79 Å². The Bertz CT molecular complexity index is 484. The molecular formula is C16H25N3O2. The van der Waals surface area contributed by atoms with Gasteiger partial charge in [0.25, 0.3) is 0 Å². The van der Waals surface area contributed by atoms with Gasteiger partial charge in [-0.2, -0.15) is 0 Å². The largest absolute Gasteiger partial charge is 0.381 e. The van der Waals surface area contributed by atoms with Gasteiger partial charge < -0.3 is 20.7 Å². The Balaban J connectivity index is 2.09. The second-order valence-corrected chi connectivity index (χ2v) is 5.50. The maximum Gasteiger partial charge on any atom is 0.322 e. The van der Waals surface area contributed by atoms with Gasteiger partial charge in [-0.05, 0) is 43.9 Å². The van der Waals surface area contributed by atoms with E-state index in [0.29, 0.717) is 26.3 Å². The number of carbonyl (C=O) groups excluding carboxylic acids is 1. The maximum absolute atomic E-state index is 12.6. The first kappa shape index (κ1) is 15.8. The van der Waals surface area contributed by atoms with Gasteiger partial charge >= 0.3 is 6.03 Å². The highest BCUT2D eigenvalue weighted by atomic mass is 16.5. The normalized spacial score (nSPS) is 15.8. The lowest BCUT2D eigenvalue weighted by molar-refractivity contribution is 0.0488. The number of hydrogen-bond donors (Lipinski definition) is 2. The Morgan fingerprint density at radius 1 is 1.38 bits per heavy atom. The average Bonchev–Trinajstić information content (AvgIpc) is 2.50. The van der Waals surface area contributed by atoms with Crippen molar-refractivity contribution < 1.29 is 9.53 Å². The summed E-state index contributed by atoms with van der Waals surface area (Å²) in [5, 5.41) is 3.02. The number of nitrogens with zero attached hydrogens (tertiary/aromatic N) is 1. The summed E-state index contributed by atoms with van der Waals surface area (Å²) in [5.41, 5.74) is 8.81. The van der Waals surface area contributed by atoms with Crippen molar-refractivity contribution in [3.8, 4) is 0 Å². The van der Waals surface area contributed by atoms with Crippen LogP contribution in [-0.4, -0.2) is 43.3 Å². The van der Waals surface area contributed by atoms with Crippen molar-refractivity contribution in [2.24, 2.45) is 5.73 Å². The Morgan fingerprint density at radius 2 is 2.10 bits per heavy atom. The molecular weight excluding hydrogens is 266 g/mol. The fourth-order valence-electron chi connectivity index (χ4n) is 2.66. The molecule has 1 fully saturated rings. The van der Waals surface area contributed by atoms with E-state index in [-0.39, 0.29) is 12.1 Å². The Kier molecular flexibility index (Phi) is 5.59. The van der Waals surface area contributed by atoms with Gasteiger partial charge in [-0.3, -0.25) is 0 Å².